The van der Waals surface area contributed by atoms with E-state index in [0.717, 1.165) is 0 Å². The molecule has 2 aliphatic rings. The van der Waals surface area contributed by atoms with Gasteiger partial charge in [0.1, 0.15) is 30.8 Å². The largest absolute Gasteiger partial charge is 0.507 e. The molecule has 1 N–H and O–H groups in total. The Morgan fingerprint density at radius 1 is 1.17 bits per heavy atom. The normalized spacial score (nSPS) is 20.5. The Labute approximate surface area is 167 Å². The number of nitrogens with zero attached hydrogens (tertiary/aromatic N) is 2. The molecule has 1 atom stereocenters. The number of benzene rings is 1. The van der Waals surface area contributed by atoms with Crippen LogP contribution in [0.15, 0.2) is 46.6 Å². The van der Waals surface area contributed by atoms with Crippen molar-refractivity contribution in [2.45, 2.75) is 6.04 Å². The Balaban J connectivity index is 1.79. The summed E-state index contributed by atoms with van der Waals surface area (Å²) in [5.41, 5.74) is 0.372. The summed E-state index contributed by atoms with van der Waals surface area (Å²) in [5.74, 6) is -0.195. The van der Waals surface area contributed by atoms with Gasteiger partial charge in [-0.25, -0.2) is 0 Å². The van der Waals surface area contributed by atoms with E-state index in [-0.39, 0.29) is 11.3 Å². The lowest BCUT2D eigenvalue weighted by Crippen LogP contribution is -2.35. The van der Waals surface area contributed by atoms with Crippen LogP contribution >= 0.6 is 0 Å². The van der Waals surface area contributed by atoms with Crippen molar-refractivity contribution in [3.8, 4) is 11.5 Å². The highest BCUT2D eigenvalue weighted by Gasteiger charge is 2.47. The number of likely N-dealkylation sites (tertiary alicyclic amines) is 1. The summed E-state index contributed by atoms with van der Waals surface area (Å²) in [6, 6.07) is 7.50. The van der Waals surface area contributed by atoms with Gasteiger partial charge >= 0.3 is 0 Å². The minimum Gasteiger partial charge on any atom is -0.507 e. The van der Waals surface area contributed by atoms with Gasteiger partial charge in [-0.15, -0.1) is 0 Å². The van der Waals surface area contributed by atoms with Gasteiger partial charge < -0.3 is 28.8 Å². The van der Waals surface area contributed by atoms with Crippen LogP contribution in [0.4, 0.5) is 0 Å². The first-order valence-corrected chi connectivity index (χ1v) is 9.34. The summed E-state index contributed by atoms with van der Waals surface area (Å²) in [7, 11) is 3.77. The summed E-state index contributed by atoms with van der Waals surface area (Å²) in [6.07, 6.45) is 1.48. The Morgan fingerprint density at radius 3 is 2.62 bits per heavy atom. The number of carbonyl (C=O) groups excluding carboxylic acids is 2. The lowest BCUT2D eigenvalue weighted by molar-refractivity contribution is -0.140. The summed E-state index contributed by atoms with van der Waals surface area (Å²) in [6.45, 7) is 1.74. The first-order chi connectivity index (χ1) is 14.0. The van der Waals surface area contributed by atoms with Crippen LogP contribution in [0.25, 0.3) is 5.76 Å². The van der Waals surface area contributed by atoms with Gasteiger partial charge in [0.05, 0.1) is 11.8 Å². The molecular weight excluding hydrogens is 376 g/mol. The lowest BCUT2D eigenvalue weighted by Gasteiger charge is -2.24. The Morgan fingerprint density at radius 2 is 1.93 bits per heavy atom. The van der Waals surface area contributed by atoms with Gasteiger partial charge in [-0.3, -0.25) is 9.59 Å². The maximum atomic E-state index is 12.8. The van der Waals surface area contributed by atoms with E-state index in [4.69, 9.17) is 13.9 Å². The zero-order valence-corrected chi connectivity index (χ0v) is 16.3. The molecule has 0 bridgehead atoms. The summed E-state index contributed by atoms with van der Waals surface area (Å²) < 4.78 is 16.6. The molecule has 0 aliphatic carbocycles. The maximum Gasteiger partial charge on any atom is 0.295 e. The molecule has 1 amide bonds. The maximum absolute atomic E-state index is 12.8. The molecule has 4 rings (SSSR count). The number of furan rings is 1. The molecule has 0 unspecified atom stereocenters. The monoisotopic (exact) mass is 398 g/mol. The minimum absolute atomic E-state index is 0.000355. The number of ketones is 1. The third kappa shape index (κ3) is 3.47. The molecule has 1 aromatic heterocycles. The molecule has 3 heterocycles. The molecular formula is C21H22N2O6. The van der Waals surface area contributed by atoms with Crippen molar-refractivity contribution >= 4 is 17.4 Å². The van der Waals surface area contributed by atoms with Gasteiger partial charge in [-0.1, -0.05) is 0 Å². The number of hydrogen-bond acceptors (Lipinski definition) is 7. The SMILES string of the molecule is CN(C)CCN1C(=O)C(=O)/C(=C(/O)c2ccc3c(c2)OCCO3)[C@H]1c1ccco1. The van der Waals surface area contributed by atoms with Crippen molar-refractivity contribution in [1.82, 2.24) is 9.80 Å². The summed E-state index contributed by atoms with van der Waals surface area (Å²) in [5, 5.41) is 11.0. The standard InChI is InChI=1S/C21H22N2O6/c1-22(2)7-8-23-18(15-4-3-9-27-15)17(20(25)21(23)26)19(24)13-5-6-14-16(12-13)29-11-10-28-14/h3-6,9,12,18,24H,7-8,10-11H2,1-2H3/b19-17+/t18-/m1/s1. The van der Waals surface area contributed by atoms with Gasteiger partial charge in [0.15, 0.2) is 11.5 Å². The van der Waals surface area contributed by atoms with Gasteiger partial charge in [0.25, 0.3) is 11.7 Å². The van der Waals surface area contributed by atoms with E-state index >= 15 is 0 Å². The quantitative estimate of drug-likeness (QED) is 0.468. The highest BCUT2D eigenvalue weighted by atomic mass is 16.6. The van der Waals surface area contributed by atoms with E-state index < -0.39 is 17.7 Å². The van der Waals surface area contributed by atoms with Gasteiger partial charge in [-0.2, -0.15) is 0 Å². The van der Waals surface area contributed by atoms with Crippen LogP contribution in [0.1, 0.15) is 17.4 Å². The summed E-state index contributed by atoms with van der Waals surface area (Å²) >= 11 is 0. The zero-order valence-electron chi connectivity index (χ0n) is 16.3. The molecule has 29 heavy (non-hydrogen) atoms. The number of rotatable bonds is 5. The van der Waals surface area contributed by atoms with Gasteiger partial charge in [0, 0.05) is 18.7 Å². The average Bonchev–Trinajstić information content (AvgIpc) is 3.33. The molecule has 1 fully saturated rings. The number of aliphatic hydroxyl groups excluding tert-OH is 1. The van der Waals surface area contributed by atoms with Crippen LogP contribution in [0.3, 0.4) is 0 Å². The fraction of sp³-hybridized carbons (Fsp3) is 0.333. The molecule has 0 radical (unpaired) electrons. The second-order valence-electron chi connectivity index (χ2n) is 7.17. The average molecular weight is 398 g/mol. The van der Waals surface area contributed by atoms with E-state index in [1.165, 1.54) is 11.2 Å². The Kier molecular flexibility index (Phi) is 5.02. The van der Waals surface area contributed by atoms with Crippen molar-refractivity contribution in [3.63, 3.8) is 0 Å². The fourth-order valence-corrected chi connectivity index (χ4v) is 3.51. The Bertz CT molecular complexity index is 964. The van der Waals surface area contributed by atoms with Crippen molar-refractivity contribution in [3.05, 3.63) is 53.5 Å². The molecule has 1 aromatic carbocycles. The predicted octanol–water partition coefficient (Wildman–Crippen LogP) is 2.03. The van der Waals surface area contributed by atoms with Crippen LogP contribution in [0.2, 0.25) is 0 Å². The smallest absolute Gasteiger partial charge is 0.295 e. The van der Waals surface area contributed by atoms with E-state index in [1.54, 1.807) is 30.3 Å². The van der Waals surface area contributed by atoms with Crippen LogP contribution in [0, 0.1) is 0 Å². The second kappa shape index (κ2) is 7.63. The molecule has 0 spiro atoms. The van der Waals surface area contributed by atoms with E-state index in [9.17, 15) is 14.7 Å². The third-order valence-electron chi connectivity index (χ3n) is 4.96. The number of likely N-dealkylation sites (N-methyl/N-ethyl adjacent to an activating group) is 1. The number of fused-ring (bicyclic) bond motifs is 1. The molecule has 152 valence electrons. The molecule has 0 saturated carbocycles. The first kappa shape index (κ1) is 19.1. The molecule has 8 heteroatoms. The van der Waals surface area contributed by atoms with Crippen LogP contribution in [0.5, 0.6) is 11.5 Å². The highest BCUT2D eigenvalue weighted by molar-refractivity contribution is 6.46. The fourth-order valence-electron chi connectivity index (χ4n) is 3.51. The van der Waals surface area contributed by atoms with Crippen molar-refractivity contribution < 1.29 is 28.6 Å². The third-order valence-corrected chi connectivity index (χ3v) is 4.96. The van der Waals surface area contributed by atoms with Crippen molar-refractivity contribution in [1.29, 1.82) is 0 Å². The number of carbonyl (C=O) groups is 2. The zero-order chi connectivity index (χ0) is 20.5. The van der Waals surface area contributed by atoms with Gasteiger partial charge in [0.2, 0.25) is 0 Å². The number of Topliss-reactive ketones (excluding diaryl/α,β-unsaturated/α-hetero) is 1. The van der Waals surface area contributed by atoms with Crippen LogP contribution < -0.4 is 9.47 Å². The highest BCUT2D eigenvalue weighted by Crippen LogP contribution is 2.41. The van der Waals surface area contributed by atoms with Crippen LogP contribution in [-0.4, -0.2) is 67.0 Å². The van der Waals surface area contributed by atoms with Crippen molar-refractivity contribution in [2.75, 3.05) is 40.4 Å². The first-order valence-electron chi connectivity index (χ1n) is 9.34. The number of hydrogen-bond donors (Lipinski definition) is 1. The van der Waals surface area contributed by atoms with Crippen LogP contribution in [-0.2, 0) is 9.59 Å². The topological polar surface area (TPSA) is 92.5 Å². The molecule has 2 aromatic rings. The minimum atomic E-state index is -0.793. The van der Waals surface area contributed by atoms with E-state index in [1.807, 2.05) is 19.0 Å². The Hall–Kier alpha value is -3.26. The lowest BCUT2D eigenvalue weighted by atomic mass is 9.99. The van der Waals surface area contributed by atoms with E-state index in [0.29, 0.717) is 49.1 Å². The number of ether oxygens (including phenoxy) is 2. The number of amides is 1. The molecule has 2 aliphatic heterocycles. The predicted molar refractivity (Wildman–Crippen MR) is 104 cm³/mol. The van der Waals surface area contributed by atoms with Crippen molar-refractivity contribution in [2.24, 2.45) is 0 Å². The molecule has 1 saturated heterocycles. The second-order valence-corrected chi connectivity index (χ2v) is 7.17. The number of aliphatic hydroxyl groups is 1. The van der Waals surface area contributed by atoms with Gasteiger partial charge in [-0.05, 0) is 44.4 Å². The van der Waals surface area contributed by atoms with E-state index in [2.05, 4.69) is 0 Å². The summed E-state index contributed by atoms with van der Waals surface area (Å²) in [4.78, 5) is 28.9. The molecule has 8 nitrogen and oxygen atoms in total.